The Balaban J connectivity index is 0.00000180. The molecular weight excluding hydrogens is 291 g/mol. The van der Waals surface area contributed by atoms with E-state index in [0.717, 1.165) is 13.0 Å². The summed E-state index contributed by atoms with van der Waals surface area (Å²) in [6.45, 7) is 2.43. The van der Waals surface area contributed by atoms with Crippen LogP contribution in [-0.4, -0.2) is 38.9 Å². The molecule has 0 bridgehead atoms. The Labute approximate surface area is 119 Å². The van der Waals surface area contributed by atoms with Crippen molar-refractivity contribution in [3.63, 3.8) is 0 Å². The first kappa shape index (κ1) is 16.4. The molecule has 0 amide bonds. The van der Waals surface area contributed by atoms with Crippen molar-refractivity contribution >= 4 is 22.4 Å². The average molecular weight is 309 g/mol. The van der Waals surface area contributed by atoms with Gasteiger partial charge < -0.3 is 5.32 Å². The predicted molar refractivity (Wildman–Crippen MR) is 75.3 cm³/mol. The molecule has 108 valence electrons. The van der Waals surface area contributed by atoms with Gasteiger partial charge in [0.2, 0.25) is 10.0 Å². The van der Waals surface area contributed by atoms with Gasteiger partial charge in [0, 0.05) is 25.2 Å². The van der Waals surface area contributed by atoms with Gasteiger partial charge in [0.25, 0.3) is 0 Å². The van der Waals surface area contributed by atoms with Crippen LogP contribution in [0, 0.1) is 5.82 Å². The molecule has 1 fully saturated rings. The van der Waals surface area contributed by atoms with Crippen LogP contribution in [0.3, 0.4) is 0 Å². The first-order valence-corrected chi connectivity index (χ1v) is 7.62. The number of sulfonamides is 1. The summed E-state index contributed by atoms with van der Waals surface area (Å²) in [6, 6.07) is 6.01. The Bertz CT molecular complexity index is 502. The monoisotopic (exact) mass is 308 g/mol. The molecule has 4 nitrogen and oxygen atoms in total. The number of rotatable bonds is 3. The fourth-order valence-corrected chi connectivity index (χ4v) is 3.59. The lowest BCUT2D eigenvalue weighted by Crippen LogP contribution is -2.35. The van der Waals surface area contributed by atoms with Gasteiger partial charge in [-0.3, -0.25) is 0 Å². The van der Waals surface area contributed by atoms with Crippen LogP contribution in [-0.2, 0) is 15.8 Å². The third kappa shape index (κ3) is 4.42. The third-order valence-electron chi connectivity index (χ3n) is 2.99. The van der Waals surface area contributed by atoms with E-state index in [1.54, 1.807) is 12.1 Å². The highest BCUT2D eigenvalue weighted by Crippen LogP contribution is 2.14. The van der Waals surface area contributed by atoms with E-state index >= 15 is 0 Å². The van der Waals surface area contributed by atoms with Crippen molar-refractivity contribution in [1.29, 1.82) is 0 Å². The molecule has 1 N–H and O–H groups in total. The highest BCUT2D eigenvalue weighted by Gasteiger charge is 2.24. The molecule has 1 heterocycles. The fraction of sp³-hybridized carbons (Fsp3) is 0.500. The molecule has 0 radical (unpaired) electrons. The van der Waals surface area contributed by atoms with Crippen molar-refractivity contribution in [2.45, 2.75) is 12.2 Å². The highest BCUT2D eigenvalue weighted by atomic mass is 35.5. The minimum absolute atomic E-state index is 0. The molecule has 1 aromatic rings. The molecule has 1 aliphatic rings. The summed E-state index contributed by atoms with van der Waals surface area (Å²) >= 11 is 0. The molecule has 0 unspecified atom stereocenters. The van der Waals surface area contributed by atoms with Crippen LogP contribution in [0.1, 0.15) is 12.0 Å². The summed E-state index contributed by atoms with van der Waals surface area (Å²) in [5, 5.41) is 3.14. The summed E-state index contributed by atoms with van der Waals surface area (Å²) < 4.78 is 39.3. The number of benzene rings is 1. The van der Waals surface area contributed by atoms with Gasteiger partial charge >= 0.3 is 0 Å². The molecule has 1 saturated heterocycles. The van der Waals surface area contributed by atoms with Gasteiger partial charge in [-0.05, 0) is 19.0 Å². The van der Waals surface area contributed by atoms with E-state index in [0.29, 0.717) is 19.6 Å². The van der Waals surface area contributed by atoms with E-state index in [4.69, 9.17) is 0 Å². The number of nitrogens with one attached hydrogen (secondary N) is 1. The Morgan fingerprint density at radius 3 is 2.68 bits per heavy atom. The molecule has 1 aliphatic heterocycles. The largest absolute Gasteiger partial charge is 0.315 e. The van der Waals surface area contributed by atoms with Gasteiger partial charge in [-0.2, -0.15) is 0 Å². The molecule has 2 rings (SSSR count). The molecule has 19 heavy (non-hydrogen) atoms. The number of hydrogen-bond acceptors (Lipinski definition) is 3. The quantitative estimate of drug-likeness (QED) is 0.917. The van der Waals surface area contributed by atoms with E-state index in [2.05, 4.69) is 5.32 Å². The molecule has 7 heteroatoms. The second-order valence-corrected chi connectivity index (χ2v) is 6.32. The third-order valence-corrected chi connectivity index (χ3v) is 4.82. The van der Waals surface area contributed by atoms with Crippen LogP contribution in [0.4, 0.5) is 4.39 Å². The van der Waals surface area contributed by atoms with Crippen molar-refractivity contribution < 1.29 is 12.8 Å². The van der Waals surface area contributed by atoms with Crippen LogP contribution in [0.5, 0.6) is 0 Å². The van der Waals surface area contributed by atoms with Crippen molar-refractivity contribution in [3.05, 3.63) is 35.6 Å². The van der Waals surface area contributed by atoms with Crippen molar-refractivity contribution in [2.24, 2.45) is 0 Å². The summed E-state index contributed by atoms with van der Waals surface area (Å²) in [4.78, 5) is 0. The van der Waals surface area contributed by atoms with Crippen molar-refractivity contribution in [2.75, 3.05) is 26.2 Å². The van der Waals surface area contributed by atoms with Gasteiger partial charge in [0.1, 0.15) is 5.82 Å². The number of halogens is 2. The van der Waals surface area contributed by atoms with Gasteiger partial charge in [0.05, 0.1) is 5.75 Å². The lowest BCUT2D eigenvalue weighted by molar-refractivity contribution is 0.430. The van der Waals surface area contributed by atoms with E-state index in [9.17, 15) is 12.8 Å². The van der Waals surface area contributed by atoms with Crippen LogP contribution in [0.15, 0.2) is 24.3 Å². The summed E-state index contributed by atoms with van der Waals surface area (Å²) in [5.41, 5.74) is 0.231. The van der Waals surface area contributed by atoms with Crippen molar-refractivity contribution in [3.8, 4) is 0 Å². The van der Waals surface area contributed by atoms with Crippen LogP contribution < -0.4 is 5.32 Å². The van der Waals surface area contributed by atoms with E-state index in [1.807, 2.05) is 0 Å². The number of hydrogen-bond donors (Lipinski definition) is 1. The first-order valence-electron chi connectivity index (χ1n) is 6.01. The van der Waals surface area contributed by atoms with E-state index in [1.165, 1.54) is 16.4 Å². The Morgan fingerprint density at radius 2 is 1.95 bits per heavy atom. The highest BCUT2D eigenvalue weighted by molar-refractivity contribution is 7.88. The summed E-state index contributed by atoms with van der Waals surface area (Å²) in [7, 11) is -3.43. The van der Waals surface area contributed by atoms with E-state index in [-0.39, 0.29) is 23.7 Å². The van der Waals surface area contributed by atoms with Crippen LogP contribution in [0.25, 0.3) is 0 Å². The Kier molecular flexibility index (Phi) is 6.19. The van der Waals surface area contributed by atoms with Gasteiger partial charge in [-0.15, -0.1) is 12.4 Å². The lowest BCUT2D eigenvalue weighted by atomic mass is 10.2. The van der Waals surface area contributed by atoms with Crippen molar-refractivity contribution in [1.82, 2.24) is 9.62 Å². The minimum Gasteiger partial charge on any atom is -0.315 e. The van der Waals surface area contributed by atoms with Gasteiger partial charge in [0.15, 0.2) is 0 Å². The molecule has 1 aromatic carbocycles. The fourth-order valence-electron chi connectivity index (χ4n) is 2.00. The maximum Gasteiger partial charge on any atom is 0.218 e. The smallest absolute Gasteiger partial charge is 0.218 e. The average Bonchev–Trinajstić information content (AvgIpc) is 2.61. The zero-order chi connectivity index (χ0) is 13.0. The topological polar surface area (TPSA) is 49.4 Å². The van der Waals surface area contributed by atoms with Gasteiger partial charge in [-0.1, -0.05) is 18.2 Å². The predicted octanol–water partition coefficient (Wildman–Crippen LogP) is 1.37. The van der Waals surface area contributed by atoms with Crippen LogP contribution in [0.2, 0.25) is 0 Å². The molecule has 0 aromatic heterocycles. The maximum absolute atomic E-state index is 13.5. The summed E-state index contributed by atoms with van der Waals surface area (Å²) in [5.74, 6) is -0.728. The molecule has 0 saturated carbocycles. The first-order chi connectivity index (χ1) is 8.59. The maximum atomic E-state index is 13.5. The van der Waals surface area contributed by atoms with Gasteiger partial charge in [-0.25, -0.2) is 17.1 Å². The summed E-state index contributed by atoms with van der Waals surface area (Å²) in [6.07, 6.45) is 0.788. The van der Waals surface area contributed by atoms with Crippen LogP contribution >= 0.6 is 12.4 Å². The second kappa shape index (κ2) is 7.19. The standard InChI is InChI=1S/C12H17FN2O2S.ClH/c13-12-5-2-1-4-11(12)10-18(16,17)15-8-3-6-14-7-9-15;/h1-2,4-5,14H,3,6-10H2;1H. The Morgan fingerprint density at radius 1 is 1.21 bits per heavy atom. The number of nitrogens with zero attached hydrogens (tertiary/aromatic N) is 1. The zero-order valence-corrected chi connectivity index (χ0v) is 12.1. The normalized spacial score (nSPS) is 17.5. The molecule has 0 atom stereocenters. The molecular formula is C12H18ClFN2O2S. The Hall–Kier alpha value is -0.690. The molecule has 0 aliphatic carbocycles. The van der Waals surface area contributed by atoms with E-state index < -0.39 is 15.8 Å². The molecule has 0 spiro atoms. The SMILES string of the molecule is Cl.O=S(=O)(Cc1ccccc1F)N1CCCNCC1. The second-order valence-electron chi connectivity index (χ2n) is 4.35. The minimum atomic E-state index is -3.43. The zero-order valence-electron chi connectivity index (χ0n) is 10.5. The lowest BCUT2D eigenvalue weighted by Gasteiger charge is -2.19.